The first-order valence-electron chi connectivity index (χ1n) is 8.90. The smallest absolute Gasteiger partial charge is 0.264 e. The number of sulfonamides is 1. The Bertz CT molecular complexity index is 919. The summed E-state index contributed by atoms with van der Waals surface area (Å²) in [6.45, 7) is 3.91. The molecule has 1 aliphatic rings. The number of likely N-dealkylation sites (tertiary alicyclic amines) is 1. The Kier molecular flexibility index (Phi) is 6.75. The Morgan fingerprint density at radius 1 is 1.14 bits per heavy atom. The SMILES string of the molecule is CN(c1ccccc1)S(=O)(=O)c1ccc(C(=O)N2CCC(C)(CN)C2)cc1.Cl. The fourth-order valence-corrected chi connectivity index (χ4v) is 4.45. The molecule has 2 aromatic carbocycles. The van der Waals surface area contributed by atoms with Crippen LogP contribution in [0.2, 0.25) is 0 Å². The number of carbonyl (C=O) groups is 1. The van der Waals surface area contributed by atoms with Crippen LogP contribution in [0.3, 0.4) is 0 Å². The topological polar surface area (TPSA) is 83.7 Å². The lowest BCUT2D eigenvalue weighted by Gasteiger charge is -2.23. The van der Waals surface area contributed by atoms with Gasteiger partial charge < -0.3 is 10.6 Å². The first-order valence-corrected chi connectivity index (χ1v) is 10.3. The molecule has 1 saturated heterocycles. The molecule has 1 atom stereocenters. The van der Waals surface area contributed by atoms with Gasteiger partial charge in [-0.05, 0) is 54.8 Å². The minimum absolute atomic E-state index is 0. The summed E-state index contributed by atoms with van der Waals surface area (Å²) in [6.07, 6.45) is 0.879. The number of hydrogen-bond acceptors (Lipinski definition) is 4. The fraction of sp³-hybridized carbons (Fsp3) is 0.350. The van der Waals surface area contributed by atoms with Gasteiger partial charge in [0.25, 0.3) is 15.9 Å². The summed E-state index contributed by atoms with van der Waals surface area (Å²) in [5.74, 6) is -0.0902. The van der Waals surface area contributed by atoms with E-state index in [-0.39, 0.29) is 28.6 Å². The van der Waals surface area contributed by atoms with E-state index in [4.69, 9.17) is 5.73 Å². The van der Waals surface area contributed by atoms with Crippen LogP contribution in [0.25, 0.3) is 0 Å². The van der Waals surface area contributed by atoms with Crippen LogP contribution >= 0.6 is 12.4 Å². The molecule has 0 spiro atoms. The minimum atomic E-state index is -3.68. The number of anilines is 1. The lowest BCUT2D eigenvalue weighted by molar-refractivity contribution is 0.0777. The van der Waals surface area contributed by atoms with Crippen molar-refractivity contribution in [1.82, 2.24) is 4.90 Å². The van der Waals surface area contributed by atoms with Crippen molar-refractivity contribution >= 4 is 34.0 Å². The molecule has 6 nitrogen and oxygen atoms in total. The molecular formula is C20H26ClN3O3S. The van der Waals surface area contributed by atoms with Crippen LogP contribution in [0.15, 0.2) is 59.5 Å². The van der Waals surface area contributed by atoms with Crippen molar-refractivity contribution in [2.24, 2.45) is 11.1 Å². The molecule has 0 saturated carbocycles. The lowest BCUT2D eigenvalue weighted by Crippen LogP contribution is -2.34. The van der Waals surface area contributed by atoms with E-state index in [0.717, 1.165) is 6.42 Å². The van der Waals surface area contributed by atoms with E-state index in [1.165, 1.54) is 23.5 Å². The van der Waals surface area contributed by atoms with Crippen molar-refractivity contribution in [3.8, 4) is 0 Å². The third kappa shape index (κ3) is 4.32. The zero-order chi connectivity index (χ0) is 19.7. The number of nitrogens with two attached hydrogens (primary N) is 1. The quantitative estimate of drug-likeness (QED) is 0.801. The summed E-state index contributed by atoms with van der Waals surface area (Å²) in [5.41, 5.74) is 6.82. The molecule has 1 amide bonds. The summed E-state index contributed by atoms with van der Waals surface area (Å²) in [6, 6.07) is 15.0. The van der Waals surface area contributed by atoms with Gasteiger partial charge in [0.2, 0.25) is 0 Å². The van der Waals surface area contributed by atoms with Crippen LogP contribution in [-0.4, -0.2) is 45.9 Å². The molecule has 1 unspecified atom stereocenters. The maximum Gasteiger partial charge on any atom is 0.264 e. The van der Waals surface area contributed by atoms with Crippen molar-refractivity contribution < 1.29 is 13.2 Å². The van der Waals surface area contributed by atoms with Gasteiger partial charge >= 0.3 is 0 Å². The van der Waals surface area contributed by atoms with Crippen LogP contribution < -0.4 is 10.0 Å². The van der Waals surface area contributed by atoms with Gasteiger partial charge in [0.15, 0.2) is 0 Å². The second-order valence-electron chi connectivity index (χ2n) is 7.32. The van der Waals surface area contributed by atoms with E-state index in [1.54, 1.807) is 41.3 Å². The molecule has 0 aliphatic carbocycles. The molecule has 1 fully saturated rings. The van der Waals surface area contributed by atoms with E-state index in [2.05, 4.69) is 6.92 Å². The second kappa shape index (κ2) is 8.51. The normalized spacial score (nSPS) is 19.2. The Morgan fingerprint density at radius 3 is 2.29 bits per heavy atom. The molecule has 0 radical (unpaired) electrons. The van der Waals surface area contributed by atoms with Gasteiger partial charge in [-0.1, -0.05) is 25.1 Å². The number of carbonyl (C=O) groups excluding carboxylic acids is 1. The highest BCUT2D eigenvalue weighted by molar-refractivity contribution is 7.92. The highest BCUT2D eigenvalue weighted by Crippen LogP contribution is 2.30. The van der Waals surface area contributed by atoms with Crippen LogP contribution in [0.1, 0.15) is 23.7 Å². The average Bonchev–Trinajstić information content (AvgIpc) is 3.10. The second-order valence-corrected chi connectivity index (χ2v) is 9.29. The van der Waals surface area contributed by atoms with Crippen LogP contribution in [0, 0.1) is 5.41 Å². The Balaban J connectivity index is 0.00000280. The number of nitrogens with zero attached hydrogens (tertiary/aromatic N) is 2. The predicted molar refractivity (Wildman–Crippen MR) is 113 cm³/mol. The van der Waals surface area contributed by atoms with Crippen molar-refractivity contribution in [1.29, 1.82) is 0 Å². The summed E-state index contributed by atoms with van der Waals surface area (Å²) < 4.78 is 26.9. The molecule has 0 bridgehead atoms. The largest absolute Gasteiger partial charge is 0.338 e. The number of benzene rings is 2. The third-order valence-corrected chi connectivity index (χ3v) is 7.02. The summed E-state index contributed by atoms with van der Waals surface area (Å²) >= 11 is 0. The lowest BCUT2D eigenvalue weighted by atomic mass is 9.90. The molecule has 1 heterocycles. The Hall–Kier alpha value is -2.09. The molecule has 3 rings (SSSR count). The zero-order valence-corrected chi connectivity index (χ0v) is 17.7. The fourth-order valence-electron chi connectivity index (χ4n) is 3.25. The van der Waals surface area contributed by atoms with E-state index in [9.17, 15) is 13.2 Å². The summed E-state index contributed by atoms with van der Waals surface area (Å²) in [7, 11) is -2.17. The van der Waals surface area contributed by atoms with Gasteiger partial charge in [-0.2, -0.15) is 0 Å². The first-order chi connectivity index (χ1) is 12.8. The number of rotatable bonds is 5. The van der Waals surface area contributed by atoms with Gasteiger partial charge in [0.1, 0.15) is 0 Å². The highest BCUT2D eigenvalue weighted by Gasteiger charge is 2.35. The summed E-state index contributed by atoms with van der Waals surface area (Å²) in [4.78, 5) is 14.6. The molecule has 152 valence electrons. The molecule has 0 aromatic heterocycles. The maximum atomic E-state index is 12.8. The van der Waals surface area contributed by atoms with Gasteiger partial charge in [0, 0.05) is 25.7 Å². The molecular weight excluding hydrogens is 398 g/mol. The van der Waals surface area contributed by atoms with Gasteiger partial charge in [-0.25, -0.2) is 8.42 Å². The predicted octanol–water partition coefficient (Wildman–Crippen LogP) is 2.74. The number of amides is 1. The monoisotopic (exact) mass is 423 g/mol. The van der Waals surface area contributed by atoms with E-state index in [1.807, 2.05) is 6.07 Å². The number of hydrogen-bond donors (Lipinski definition) is 1. The third-order valence-electron chi connectivity index (χ3n) is 5.22. The van der Waals surface area contributed by atoms with Crippen LogP contribution in [0.4, 0.5) is 5.69 Å². The van der Waals surface area contributed by atoms with Crippen molar-refractivity contribution in [2.75, 3.05) is 31.0 Å². The van der Waals surface area contributed by atoms with E-state index < -0.39 is 10.0 Å². The average molecular weight is 424 g/mol. The molecule has 1 aliphatic heterocycles. The molecule has 2 N–H and O–H groups in total. The van der Waals surface area contributed by atoms with Crippen molar-refractivity contribution in [3.05, 3.63) is 60.2 Å². The molecule has 28 heavy (non-hydrogen) atoms. The standard InChI is InChI=1S/C20H25N3O3S.ClH/c1-20(14-21)12-13-23(15-20)19(24)16-8-10-18(11-9-16)27(25,26)22(2)17-6-4-3-5-7-17;/h3-11H,12-15,21H2,1-2H3;1H. The molecule has 8 heteroatoms. The van der Waals surface area contributed by atoms with Crippen LogP contribution in [-0.2, 0) is 10.0 Å². The maximum absolute atomic E-state index is 12.8. The summed E-state index contributed by atoms with van der Waals surface area (Å²) in [5, 5.41) is 0. The van der Waals surface area contributed by atoms with Gasteiger partial charge in [-0.3, -0.25) is 9.10 Å². The molecule has 2 aromatic rings. The first kappa shape index (κ1) is 22.2. The van der Waals surface area contributed by atoms with E-state index >= 15 is 0 Å². The highest BCUT2D eigenvalue weighted by atomic mass is 35.5. The van der Waals surface area contributed by atoms with E-state index in [0.29, 0.717) is 30.9 Å². The number of halogens is 1. The zero-order valence-electron chi connectivity index (χ0n) is 16.0. The number of para-hydroxylation sites is 1. The Morgan fingerprint density at radius 2 is 1.75 bits per heavy atom. The van der Waals surface area contributed by atoms with Gasteiger partial charge in [0.05, 0.1) is 10.6 Å². The van der Waals surface area contributed by atoms with Crippen LogP contribution in [0.5, 0.6) is 0 Å². The van der Waals surface area contributed by atoms with Crippen molar-refractivity contribution in [3.63, 3.8) is 0 Å². The Labute approximate surface area is 172 Å². The van der Waals surface area contributed by atoms with Crippen molar-refractivity contribution in [2.45, 2.75) is 18.2 Å². The minimum Gasteiger partial charge on any atom is -0.338 e. The van der Waals surface area contributed by atoms with Gasteiger partial charge in [-0.15, -0.1) is 12.4 Å².